The van der Waals surface area contributed by atoms with Gasteiger partial charge in [-0.25, -0.2) is 8.78 Å². The highest BCUT2D eigenvalue weighted by atomic mass is 19.2. The van der Waals surface area contributed by atoms with Gasteiger partial charge in [-0.05, 0) is 48.4 Å². The Morgan fingerprint density at radius 1 is 0.750 bits per heavy atom. The fourth-order valence-corrected chi connectivity index (χ4v) is 2.65. The van der Waals surface area contributed by atoms with E-state index in [0.29, 0.717) is 22.5 Å². The summed E-state index contributed by atoms with van der Waals surface area (Å²) in [6, 6.07) is 19.1. The molecule has 3 rings (SSSR count). The lowest BCUT2D eigenvalue weighted by atomic mass is 10.1. The van der Waals surface area contributed by atoms with E-state index in [4.69, 9.17) is 0 Å². The van der Waals surface area contributed by atoms with E-state index in [9.17, 15) is 18.4 Å². The molecular weight excluding hydrogens is 362 g/mol. The Labute approximate surface area is 161 Å². The zero-order valence-electron chi connectivity index (χ0n) is 14.9. The number of rotatable bonds is 6. The van der Waals surface area contributed by atoms with Crippen LogP contribution < -0.4 is 10.6 Å². The number of anilines is 2. The fraction of sp³-hybridized carbons (Fsp3) is 0.0909. The molecule has 0 atom stereocenters. The Kier molecular flexibility index (Phi) is 6.11. The highest BCUT2D eigenvalue weighted by Gasteiger charge is 2.11. The molecule has 0 aromatic heterocycles. The molecule has 3 aromatic rings. The van der Waals surface area contributed by atoms with Gasteiger partial charge < -0.3 is 10.6 Å². The van der Waals surface area contributed by atoms with Crippen LogP contribution in [0, 0.1) is 11.6 Å². The van der Waals surface area contributed by atoms with Gasteiger partial charge in [-0.15, -0.1) is 0 Å². The summed E-state index contributed by atoms with van der Waals surface area (Å²) < 4.78 is 26.2. The summed E-state index contributed by atoms with van der Waals surface area (Å²) in [5.74, 6) is -2.45. The molecule has 3 aromatic carbocycles. The maximum atomic E-state index is 13.2. The van der Waals surface area contributed by atoms with Crippen molar-refractivity contribution in [3.63, 3.8) is 0 Å². The molecule has 0 bridgehead atoms. The summed E-state index contributed by atoms with van der Waals surface area (Å²) in [6.07, 6.45) is 0.355. The van der Waals surface area contributed by atoms with Crippen molar-refractivity contribution in [2.24, 2.45) is 0 Å². The van der Waals surface area contributed by atoms with E-state index in [2.05, 4.69) is 10.6 Å². The van der Waals surface area contributed by atoms with Crippen LogP contribution in [0.5, 0.6) is 0 Å². The second-order valence-electron chi connectivity index (χ2n) is 6.16. The zero-order chi connectivity index (χ0) is 19.9. The van der Waals surface area contributed by atoms with Gasteiger partial charge in [0, 0.05) is 12.0 Å². The van der Waals surface area contributed by atoms with Crippen LogP contribution in [0.3, 0.4) is 0 Å². The predicted octanol–water partition coefficient (Wildman–Crippen LogP) is 4.79. The highest BCUT2D eigenvalue weighted by molar-refractivity contribution is 6.07. The molecule has 0 saturated carbocycles. The van der Waals surface area contributed by atoms with E-state index in [0.717, 1.165) is 12.1 Å². The third kappa shape index (κ3) is 5.01. The van der Waals surface area contributed by atoms with Crippen molar-refractivity contribution in [2.75, 3.05) is 10.6 Å². The minimum atomic E-state index is -0.938. The number of hydrogen-bond acceptors (Lipinski definition) is 2. The minimum absolute atomic E-state index is 0.0893. The van der Waals surface area contributed by atoms with E-state index >= 15 is 0 Å². The van der Waals surface area contributed by atoms with Crippen LogP contribution >= 0.6 is 0 Å². The third-order valence-electron chi connectivity index (χ3n) is 4.11. The molecule has 2 amide bonds. The molecule has 6 heteroatoms. The van der Waals surface area contributed by atoms with Gasteiger partial charge in [-0.2, -0.15) is 0 Å². The molecule has 0 unspecified atom stereocenters. The maximum Gasteiger partial charge on any atom is 0.255 e. The van der Waals surface area contributed by atoms with Gasteiger partial charge in [0.15, 0.2) is 11.6 Å². The van der Waals surface area contributed by atoms with E-state index in [1.165, 1.54) is 6.07 Å². The summed E-state index contributed by atoms with van der Waals surface area (Å²) in [5.41, 5.74) is 1.96. The van der Waals surface area contributed by atoms with Crippen molar-refractivity contribution in [1.29, 1.82) is 0 Å². The second-order valence-corrected chi connectivity index (χ2v) is 6.16. The van der Waals surface area contributed by atoms with E-state index in [1.807, 2.05) is 6.07 Å². The average Bonchev–Trinajstić information content (AvgIpc) is 2.71. The predicted molar refractivity (Wildman–Crippen MR) is 104 cm³/mol. The summed E-state index contributed by atoms with van der Waals surface area (Å²) in [6.45, 7) is 0. The Morgan fingerprint density at radius 2 is 1.39 bits per heavy atom. The molecular formula is C22H18F2N2O2. The Bertz CT molecular complexity index is 991. The number of amides is 2. The van der Waals surface area contributed by atoms with Crippen LogP contribution in [0.1, 0.15) is 22.3 Å². The molecule has 0 saturated heterocycles. The zero-order valence-corrected chi connectivity index (χ0v) is 14.9. The normalized spacial score (nSPS) is 10.4. The SMILES string of the molecule is O=C(CCc1ccc(F)c(F)c1)Nc1ccccc1NC(=O)c1ccccc1. The fourth-order valence-electron chi connectivity index (χ4n) is 2.65. The first-order chi connectivity index (χ1) is 13.5. The van der Waals surface area contributed by atoms with E-state index in [1.54, 1.807) is 48.5 Å². The Morgan fingerprint density at radius 3 is 2.07 bits per heavy atom. The van der Waals surface area contributed by atoms with Gasteiger partial charge in [0.25, 0.3) is 5.91 Å². The van der Waals surface area contributed by atoms with Gasteiger partial charge in [0.05, 0.1) is 11.4 Å². The van der Waals surface area contributed by atoms with Crippen LogP contribution in [0.4, 0.5) is 20.2 Å². The van der Waals surface area contributed by atoms with Crippen molar-refractivity contribution in [3.8, 4) is 0 Å². The molecule has 0 spiro atoms. The standard InChI is InChI=1S/C22H18F2N2O2/c23-17-12-10-15(14-18(17)24)11-13-21(27)25-19-8-4-5-9-20(19)26-22(28)16-6-2-1-3-7-16/h1-10,12,14H,11,13H2,(H,25,27)(H,26,28). The van der Waals surface area contributed by atoms with Crippen LogP contribution in [0.25, 0.3) is 0 Å². The summed E-state index contributed by atoms with van der Waals surface area (Å²) >= 11 is 0. The number of aryl methyl sites for hydroxylation is 1. The number of carbonyl (C=O) groups is 2. The Balaban J connectivity index is 1.63. The first-order valence-electron chi connectivity index (χ1n) is 8.72. The summed E-state index contributed by atoms with van der Waals surface area (Å²) in [5, 5.41) is 5.52. The number of benzene rings is 3. The lowest BCUT2D eigenvalue weighted by Gasteiger charge is -2.12. The number of carbonyl (C=O) groups excluding carboxylic acids is 2. The Hall–Kier alpha value is -3.54. The summed E-state index contributed by atoms with van der Waals surface area (Å²) in [4.78, 5) is 24.6. The van der Waals surface area contributed by atoms with Crippen molar-refractivity contribution >= 4 is 23.2 Å². The molecule has 142 valence electrons. The minimum Gasteiger partial charge on any atom is -0.324 e. The quantitative estimate of drug-likeness (QED) is 0.646. The summed E-state index contributed by atoms with van der Waals surface area (Å²) in [7, 11) is 0. The van der Waals surface area contributed by atoms with Crippen LogP contribution in [-0.4, -0.2) is 11.8 Å². The molecule has 2 N–H and O–H groups in total. The maximum absolute atomic E-state index is 13.2. The molecule has 0 aliphatic rings. The molecule has 28 heavy (non-hydrogen) atoms. The second kappa shape index (κ2) is 8.90. The molecule has 0 heterocycles. The lowest BCUT2D eigenvalue weighted by Crippen LogP contribution is -2.17. The van der Waals surface area contributed by atoms with Gasteiger partial charge in [0.2, 0.25) is 5.91 Å². The number of para-hydroxylation sites is 2. The van der Waals surface area contributed by atoms with Crippen LogP contribution in [0.15, 0.2) is 72.8 Å². The van der Waals surface area contributed by atoms with E-state index in [-0.39, 0.29) is 24.7 Å². The van der Waals surface area contributed by atoms with Crippen molar-refractivity contribution in [2.45, 2.75) is 12.8 Å². The highest BCUT2D eigenvalue weighted by Crippen LogP contribution is 2.22. The van der Waals surface area contributed by atoms with Crippen molar-refractivity contribution in [3.05, 3.63) is 95.6 Å². The lowest BCUT2D eigenvalue weighted by molar-refractivity contribution is -0.116. The molecule has 0 aliphatic carbocycles. The monoisotopic (exact) mass is 380 g/mol. The van der Waals surface area contributed by atoms with Crippen LogP contribution in [-0.2, 0) is 11.2 Å². The number of hydrogen-bond donors (Lipinski definition) is 2. The van der Waals surface area contributed by atoms with Gasteiger partial charge in [-0.3, -0.25) is 9.59 Å². The van der Waals surface area contributed by atoms with Crippen molar-refractivity contribution < 1.29 is 18.4 Å². The molecule has 0 radical (unpaired) electrons. The largest absolute Gasteiger partial charge is 0.324 e. The molecule has 4 nitrogen and oxygen atoms in total. The van der Waals surface area contributed by atoms with Gasteiger partial charge in [0.1, 0.15) is 0 Å². The smallest absolute Gasteiger partial charge is 0.255 e. The van der Waals surface area contributed by atoms with Crippen LogP contribution in [0.2, 0.25) is 0 Å². The molecule has 0 fully saturated rings. The first kappa shape index (κ1) is 19.2. The van der Waals surface area contributed by atoms with Gasteiger partial charge in [-0.1, -0.05) is 36.4 Å². The third-order valence-corrected chi connectivity index (χ3v) is 4.11. The van der Waals surface area contributed by atoms with E-state index < -0.39 is 11.6 Å². The van der Waals surface area contributed by atoms with Gasteiger partial charge >= 0.3 is 0 Å². The molecule has 0 aliphatic heterocycles. The number of nitrogens with one attached hydrogen (secondary N) is 2. The van der Waals surface area contributed by atoms with Crippen molar-refractivity contribution in [1.82, 2.24) is 0 Å². The topological polar surface area (TPSA) is 58.2 Å². The average molecular weight is 380 g/mol. The number of halogens is 2. The first-order valence-corrected chi connectivity index (χ1v) is 8.72.